The van der Waals surface area contributed by atoms with Crippen molar-refractivity contribution in [3.05, 3.63) is 23.5 Å². The quantitative estimate of drug-likeness (QED) is 0.686. The molecule has 84 valence electrons. The molecule has 0 aromatic carbocycles. The van der Waals surface area contributed by atoms with Gasteiger partial charge in [0.1, 0.15) is 5.76 Å². The summed E-state index contributed by atoms with van der Waals surface area (Å²) in [7, 11) is 0. The molecule has 0 aromatic heterocycles. The lowest BCUT2D eigenvalue weighted by Crippen LogP contribution is -2.26. The molecule has 1 unspecified atom stereocenters. The van der Waals surface area contributed by atoms with Gasteiger partial charge in [-0.25, -0.2) is 0 Å². The number of hydrogen-bond donors (Lipinski definition) is 1. The van der Waals surface area contributed by atoms with Crippen molar-refractivity contribution in [1.29, 1.82) is 0 Å². The van der Waals surface area contributed by atoms with Crippen molar-refractivity contribution in [2.45, 2.75) is 25.6 Å². The summed E-state index contributed by atoms with van der Waals surface area (Å²) in [5, 5.41) is 9.08. The predicted molar refractivity (Wildman–Crippen MR) is 44.6 cm³/mol. The lowest BCUT2D eigenvalue weighted by Gasteiger charge is -2.20. The molecule has 0 amide bonds. The van der Waals surface area contributed by atoms with Crippen molar-refractivity contribution in [3.8, 4) is 0 Å². The maximum atomic E-state index is 12.3. The van der Waals surface area contributed by atoms with Crippen LogP contribution in [0.3, 0.4) is 0 Å². The first-order chi connectivity index (χ1) is 6.80. The minimum Gasteiger partial charge on any atom is -0.427 e. The molecule has 1 rings (SSSR count). The molecule has 0 radical (unpaired) electrons. The van der Waals surface area contributed by atoms with Gasteiger partial charge < -0.3 is 9.84 Å². The van der Waals surface area contributed by atoms with E-state index in [1.807, 2.05) is 0 Å². The van der Waals surface area contributed by atoms with Gasteiger partial charge in [0.2, 0.25) is 0 Å². The average Bonchev–Trinajstić information content (AvgIpc) is 2.05. The van der Waals surface area contributed by atoms with Gasteiger partial charge in [0, 0.05) is 6.92 Å². The number of alkyl halides is 3. The second-order valence-electron chi connectivity index (χ2n) is 3.05. The molecule has 0 bridgehead atoms. The van der Waals surface area contributed by atoms with Crippen LogP contribution < -0.4 is 0 Å². The highest BCUT2D eigenvalue weighted by Crippen LogP contribution is 2.33. The first-order valence-electron chi connectivity index (χ1n) is 4.16. The Kier molecular flexibility index (Phi) is 3.18. The Morgan fingerprint density at radius 2 is 2.20 bits per heavy atom. The number of ether oxygens (including phenoxy) is 1. The van der Waals surface area contributed by atoms with Gasteiger partial charge in [-0.05, 0) is 18.6 Å². The minimum atomic E-state index is -4.61. The second-order valence-corrected chi connectivity index (χ2v) is 3.05. The Labute approximate surface area is 83.8 Å². The van der Waals surface area contributed by atoms with Gasteiger partial charge in [-0.1, -0.05) is 0 Å². The third-order valence-corrected chi connectivity index (χ3v) is 1.79. The Hall–Kier alpha value is -1.30. The topological polar surface area (TPSA) is 46.5 Å². The third-order valence-electron chi connectivity index (χ3n) is 1.79. The molecule has 3 nitrogen and oxygen atoms in total. The fourth-order valence-electron chi connectivity index (χ4n) is 1.17. The summed E-state index contributed by atoms with van der Waals surface area (Å²) >= 11 is 0. The highest BCUT2D eigenvalue weighted by molar-refractivity contribution is 5.68. The normalized spacial score (nSPS) is 21.8. The van der Waals surface area contributed by atoms with E-state index in [9.17, 15) is 18.0 Å². The van der Waals surface area contributed by atoms with Crippen molar-refractivity contribution < 1.29 is 27.8 Å². The molecule has 0 spiro atoms. The fraction of sp³-hybridized carbons (Fsp3) is 0.444. The molecule has 1 aliphatic rings. The van der Waals surface area contributed by atoms with E-state index in [0.717, 1.165) is 6.92 Å². The van der Waals surface area contributed by atoms with Crippen LogP contribution in [0, 0.1) is 0 Å². The second kappa shape index (κ2) is 4.06. The van der Waals surface area contributed by atoms with Crippen LogP contribution >= 0.6 is 0 Å². The zero-order valence-electron chi connectivity index (χ0n) is 7.84. The summed E-state index contributed by atoms with van der Waals surface area (Å²) < 4.78 is 41.4. The highest BCUT2D eigenvalue weighted by atomic mass is 19.4. The fourth-order valence-corrected chi connectivity index (χ4v) is 1.17. The molecule has 0 aliphatic heterocycles. The van der Waals surface area contributed by atoms with Crippen molar-refractivity contribution >= 4 is 5.97 Å². The number of rotatable bonds is 1. The van der Waals surface area contributed by atoms with Crippen LogP contribution in [0.5, 0.6) is 0 Å². The van der Waals surface area contributed by atoms with Gasteiger partial charge in [0.25, 0.3) is 0 Å². The van der Waals surface area contributed by atoms with Gasteiger partial charge >= 0.3 is 12.1 Å². The Morgan fingerprint density at radius 3 is 2.67 bits per heavy atom. The molecule has 0 fully saturated rings. The zero-order chi connectivity index (χ0) is 11.6. The number of carbonyl (C=O) groups is 1. The molecule has 0 heterocycles. The van der Waals surface area contributed by atoms with E-state index in [-0.39, 0.29) is 12.2 Å². The van der Waals surface area contributed by atoms with E-state index in [4.69, 9.17) is 5.11 Å². The molecule has 15 heavy (non-hydrogen) atoms. The lowest BCUT2D eigenvalue weighted by atomic mass is 10.0. The third kappa shape index (κ3) is 3.09. The average molecular weight is 222 g/mol. The smallest absolute Gasteiger partial charge is 0.415 e. The summed E-state index contributed by atoms with van der Waals surface area (Å²) in [4.78, 5) is 10.5. The Balaban J connectivity index is 2.89. The number of allylic oxidation sites excluding steroid dienone is 1. The van der Waals surface area contributed by atoms with Crippen LogP contribution in [-0.2, 0) is 9.53 Å². The summed E-state index contributed by atoms with van der Waals surface area (Å²) in [5.74, 6) is -0.879. The molecule has 6 heteroatoms. The summed E-state index contributed by atoms with van der Waals surface area (Å²) in [6.45, 7) is 1.09. The van der Waals surface area contributed by atoms with E-state index < -0.39 is 23.8 Å². The van der Waals surface area contributed by atoms with Crippen LogP contribution in [0.1, 0.15) is 13.3 Å². The molecule has 1 aliphatic carbocycles. The number of aliphatic hydroxyl groups is 1. The Morgan fingerprint density at radius 1 is 1.60 bits per heavy atom. The van der Waals surface area contributed by atoms with E-state index in [1.165, 1.54) is 6.08 Å². The first-order valence-corrected chi connectivity index (χ1v) is 4.16. The zero-order valence-corrected chi connectivity index (χ0v) is 7.84. The standard InChI is InChI=1S/C9H9F3O3/c1-5(13)15-6-2-3-8(14)7(4-6)9(10,11)12/h2,4,8,14H,3H2,1H3. The molecule has 0 aromatic rings. The van der Waals surface area contributed by atoms with Gasteiger partial charge in [-0.15, -0.1) is 0 Å². The molecule has 0 saturated heterocycles. The van der Waals surface area contributed by atoms with Crippen LogP contribution in [0.4, 0.5) is 13.2 Å². The number of halogens is 3. The summed E-state index contributed by atoms with van der Waals surface area (Å²) in [6.07, 6.45) is -4.55. The van der Waals surface area contributed by atoms with Crippen molar-refractivity contribution in [2.24, 2.45) is 0 Å². The monoisotopic (exact) mass is 222 g/mol. The van der Waals surface area contributed by atoms with Gasteiger partial charge in [-0.2, -0.15) is 13.2 Å². The van der Waals surface area contributed by atoms with E-state index >= 15 is 0 Å². The van der Waals surface area contributed by atoms with Crippen molar-refractivity contribution in [2.75, 3.05) is 0 Å². The van der Waals surface area contributed by atoms with Gasteiger partial charge in [0.15, 0.2) is 0 Å². The SMILES string of the molecule is CC(=O)OC1=CCC(O)C(C(F)(F)F)=C1. The Bertz CT molecular complexity index is 328. The highest BCUT2D eigenvalue weighted by Gasteiger charge is 2.39. The molecular weight excluding hydrogens is 213 g/mol. The largest absolute Gasteiger partial charge is 0.427 e. The van der Waals surface area contributed by atoms with Crippen LogP contribution in [0.15, 0.2) is 23.5 Å². The predicted octanol–water partition coefficient (Wildman–Crippen LogP) is 1.69. The maximum Gasteiger partial charge on any atom is 0.415 e. The van der Waals surface area contributed by atoms with Crippen molar-refractivity contribution in [3.63, 3.8) is 0 Å². The van der Waals surface area contributed by atoms with Crippen LogP contribution in [0.25, 0.3) is 0 Å². The lowest BCUT2D eigenvalue weighted by molar-refractivity contribution is -0.137. The molecule has 1 atom stereocenters. The molecule has 0 saturated carbocycles. The summed E-state index contributed by atoms with van der Waals surface area (Å²) in [5.41, 5.74) is -1.10. The molecular formula is C9H9F3O3. The van der Waals surface area contributed by atoms with Crippen LogP contribution in [0.2, 0.25) is 0 Å². The van der Waals surface area contributed by atoms with E-state index in [2.05, 4.69) is 4.74 Å². The van der Waals surface area contributed by atoms with E-state index in [0.29, 0.717) is 6.08 Å². The number of hydrogen-bond acceptors (Lipinski definition) is 3. The summed E-state index contributed by atoms with van der Waals surface area (Å²) in [6, 6.07) is 0. The van der Waals surface area contributed by atoms with Gasteiger partial charge in [0.05, 0.1) is 11.7 Å². The number of carbonyl (C=O) groups excluding carboxylic acids is 1. The van der Waals surface area contributed by atoms with Crippen LogP contribution in [-0.4, -0.2) is 23.4 Å². The molecule has 1 N–H and O–H groups in total. The number of aliphatic hydroxyl groups excluding tert-OH is 1. The maximum absolute atomic E-state index is 12.3. The minimum absolute atomic E-state index is 0.180. The number of esters is 1. The first kappa shape index (κ1) is 11.8. The van der Waals surface area contributed by atoms with Crippen molar-refractivity contribution in [1.82, 2.24) is 0 Å². The van der Waals surface area contributed by atoms with E-state index in [1.54, 1.807) is 0 Å². The van der Waals surface area contributed by atoms with Gasteiger partial charge in [-0.3, -0.25) is 4.79 Å².